The average molecular weight is 255 g/mol. The van der Waals surface area contributed by atoms with Gasteiger partial charge in [0.2, 0.25) is 0 Å². The van der Waals surface area contributed by atoms with Gasteiger partial charge in [-0.3, -0.25) is 0 Å². The van der Waals surface area contributed by atoms with Gasteiger partial charge >= 0.3 is 0 Å². The number of hydrogen-bond acceptors (Lipinski definition) is 4. The summed E-state index contributed by atoms with van der Waals surface area (Å²) in [5.41, 5.74) is 6.30. The third-order valence-electron chi connectivity index (χ3n) is 3.30. The van der Waals surface area contributed by atoms with Crippen molar-refractivity contribution in [2.45, 2.75) is 11.8 Å². The quantitative estimate of drug-likeness (QED) is 0.860. The highest BCUT2D eigenvalue weighted by atomic mass is 32.2. The molecule has 0 unspecified atom stereocenters. The molecule has 1 fully saturated rings. The second-order valence-corrected chi connectivity index (χ2v) is 6.65. The molecule has 1 aromatic carbocycles. The van der Waals surface area contributed by atoms with Gasteiger partial charge in [0.15, 0.2) is 9.84 Å². The molecule has 0 amide bonds. The van der Waals surface area contributed by atoms with Crippen LogP contribution in [0.25, 0.3) is 0 Å². The Labute approximate surface area is 102 Å². The minimum absolute atomic E-state index is 0.199. The number of methoxy groups -OCH3 is 1. The monoisotopic (exact) mass is 255 g/mol. The summed E-state index contributed by atoms with van der Waals surface area (Å²) in [4.78, 5) is 0. The molecule has 2 N–H and O–H groups in total. The Morgan fingerprint density at radius 1 is 1.41 bits per heavy atom. The van der Waals surface area contributed by atoms with E-state index in [9.17, 15) is 8.42 Å². The van der Waals surface area contributed by atoms with Crippen LogP contribution in [-0.2, 0) is 15.3 Å². The molecule has 0 atom stereocenters. The molecule has 0 aliphatic carbocycles. The minimum Gasteiger partial charge on any atom is -0.497 e. The van der Waals surface area contributed by atoms with Crippen LogP contribution in [0.2, 0.25) is 0 Å². The predicted octanol–water partition coefficient (Wildman–Crippen LogP) is 0.710. The highest BCUT2D eigenvalue weighted by Crippen LogP contribution is 2.40. The maximum Gasteiger partial charge on any atom is 0.152 e. The Hall–Kier alpha value is -1.07. The Balaban J connectivity index is 2.34. The van der Waals surface area contributed by atoms with E-state index < -0.39 is 9.84 Å². The summed E-state index contributed by atoms with van der Waals surface area (Å²) in [7, 11) is -1.27. The first-order valence-electron chi connectivity index (χ1n) is 5.56. The van der Waals surface area contributed by atoms with Crippen molar-refractivity contribution < 1.29 is 13.2 Å². The minimum atomic E-state index is -2.88. The first kappa shape index (κ1) is 12.4. The lowest BCUT2D eigenvalue weighted by Crippen LogP contribution is -2.53. The van der Waals surface area contributed by atoms with E-state index >= 15 is 0 Å². The first-order chi connectivity index (χ1) is 8.01. The van der Waals surface area contributed by atoms with E-state index in [2.05, 4.69) is 0 Å². The topological polar surface area (TPSA) is 69.4 Å². The average Bonchev–Trinajstić information content (AvgIpc) is 2.27. The SMILES string of the molecule is COc1cccc(C2(CCN)CS(=O)(=O)C2)c1. The zero-order chi connectivity index (χ0) is 12.5. The standard InChI is InChI=1S/C12H17NO3S/c1-16-11-4-2-3-10(7-11)12(5-6-13)8-17(14,15)9-12/h2-4,7H,5-6,8-9,13H2,1H3. The Morgan fingerprint density at radius 2 is 2.12 bits per heavy atom. The molecule has 1 aromatic rings. The summed E-state index contributed by atoms with van der Waals surface area (Å²) in [5, 5.41) is 0. The van der Waals surface area contributed by atoms with Gasteiger partial charge in [-0.1, -0.05) is 12.1 Å². The number of rotatable bonds is 4. The third-order valence-corrected chi connectivity index (χ3v) is 5.28. The Bertz CT molecular complexity index is 498. The van der Waals surface area contributed by atoms with Gasteiger partial charge in [0.1, 0.15) is 5.75 Å². The number of nitrogens with two attached hydrogens (primary N) is 1. The van der Waals surface area contributed by atoms with E-state index in [1.165, 1.54) is 0 Å². The van der Waals surface area contributed by atoms with Gasteiger partial charge in [-0.25, -0.2) is 8.42 Å². The van der Waals surface area contributed by atoms with Gasteiger partial charge in [0.05, 0.1) is 18.6 Å². The van der Waals surface area contributed by atoms with Crippen molar-refractivity contribution in [3.8, 4) is 5.75 Å². The second kappa shape index (κ2) is 4.31. The predicted molar refractivity (Wildman–Crippen MR) is 67.0 cm³/mol. The van der Waals surface area contributed by atoms with Crippen LogP contribution >= 0.6 is 0 Å². The summed E-state index contributed by atoms with van der Waals surface area (Å²) < 4.78 is 28.0. The summed E-state index contributed by atoms with van der Waals surface area (Å²) in [5.74, 6) is 1.15. The van der Waals surface area contributed by atoms with Crippen LogP contribution in [0, 0.1) is 0 Å². The van der Waals surface area contributed by atoms with Crippen LogP contribution < -0.4 is 10.5 Å². The fourth-order valence-electron chi connectivity index (χ4n) is 2.48. The summed E-state index contributed by atoms with van der Waals surface area (Å²) in [6, 6.07) is 7.60. The van der Waals surface area contributed by atoms with Crippen LogP contribution in [0.3, 0.4) is 0 Å². The van der Waals surface area contributed by atoms with E-state index in [1.807, 2.05) is 24.3 Å². The molecule has 1 aliphatic rings. The van der Waals surface area contributed by atoms with Crippen molar-refractivity contribution in [3.05, 3.63) is 29.8 Å². The van der Waals surface area contributed by atoms with Crippen molar-refractivity contribution in [1.82, 2.24) is 0 Å². The van der Waals surface area contributed by atoms with E-state index in [1.54, 1.807) is 7.11 Å². The van der Waals surface area contributed by atoms with Gasteiger partial charge in [0.25, 0.3) is 0 Å². The molecule has 0 radical (unpaired) electrons. The highest BCUT2D eigenvalue weighted by molar-refractivity contribution is 7.93. The molecule has 0 spiro atoms. The summed E-state index contributed by atoms with van der Waals surface area (Å²) >= 11 is 0. The molecule has 2 rings (SSSR count). The van der Waals surface area contributed by atoms with E-state index in [-0.39, 0.29) is 16.9 Å². The molecule has 1 saturated heterocycles. The Kier molecular flexibility index (Phi) is 3.14. The van der Waals surface area contributed by atoms with Crippen molar-refractivity contribution >= 4 is 9.84 Å². The second-order valence-electron chi connectivity index (χ2n) is 4.58. The number of ether oxygens (including phenoxy) is 1. The normalized spacial score (nSPS) is 20.6. The molecular weight excluding hydrogens is 238 g/mol. The van der Waals surface area contributed by atoms with Crippen LogP contribution in [0.5, 0.6) is 5.75 Å². The lowest BCUT2D eigenvalue weighted by Gasteiger charge is -2.41. The lowest BCUT2D eigenvalue weighted by molar-refractivity contribution is 0.405. The van der Waals surface area contributed by atoms with Crippen molar-refractivity contribution in [2.24, 2.45) is 5.73 Å². The van der Waals surface area contributed by atoms with Gasteiger partial charge in [0, 0.05) is 5.41 Å². The number of hydrogen-bond donors (Lipinski definition) is 1. The van der Waals surface area contributed by atoms with E-state index in [0.29, 0.717) is 13.0 Å². The number of benzene rings is 1. The van der Waals surface area contributed by atoms with Crippen LogP contribution in [0.1, 0.15) is 12.0 Å². The largest absolute Gasteiger partial charge is 0.497 e. The van der Waals surface area contributed by atoms with Crippen molar-refractivity contribution in [3.63, 3.8) is 0 Å². The highest BCUT2D eigenvalue weighted by Gasteiger charge is 2.48. The summed E-state index contributed by atoms with van der Waals surface area (Å²) in [6.45, 7) is 0.493. The molecular formula is C12H17NO3S. The molecule has 0 aromatic heterocycles. The maximum atomic E-state index is 11.4. The smallest absolute Gasteiger partial charge is 0.152 e. The fourth-order valence-corrected chi connectivity index (χ4v) is 4.71. The van der Waals surface area contributed by atoms with Crippen LogP contribution in [0.15, 0.2) is 24.3 Å². The first-order valence-corrected chi connectivity index (χ1v) is 7.38. The van der Waals surface area contributed by atoms with Gasteiger partial charge < -0.3 is 10.5 Å². The molecule has 0 bridgehead atoms. The van der Waals surface area contributed by atoms with E-state index in [0.717, 1.165) is 11.3 Å². The number of sulfone groups is 1. The van der Waals surface area contributed by atoms with Crippen molar-refractivity contribution in [1.29, 1.82) is 0 Å². The summed E-state index contributed by atoms with van der Waals surface area (Å²) in [6.07, 6.45) is 0.694. The molecule has 1 heterocycles. The molecule has 5 heteroatoms. The zero-order valence-corrected chi connectivity index (χ0v) is 10.7. The van der Waals surface area contributed by atoms with Gasteiger partial charge in [-0.15, -0.1) is 0 Å². The fraction of sp³-hybridized carbons (Fsp3) is 0.500. The third kappa shape index (κ3) is 2.30. The van der Waals surface area contributed by atoms with Crippen molar-refractivity contribution in [2.75, 3.05) is 25.2 Å². The van der Waals surface area contributed by atoms with Crippen LogP contribution in [-0.4, -0.2) is 33.6 Å². The molecule has 0 saturated carbocycles. The molecule has 94 valence electrons. The van der Waals surface area contributed by atoms with Gasteiger partial charge in [-0.05, 0) is 30.7 Å². The molecule has 1 aliphatic heterocycles. The zero-order valence-electron chi connectivity index (χ0n) is 9.85. The van der Waals surface area contributed by atoms with Gasteiger partial charge in [-0.2, -0.15) is 0 Å². The molecule has 4 nitrogen and oxygen atoms in total. The lowest BCUT2D eigenvalue weighted by atomic mass is 9.80. The maximum absolute atomic E-state index is 11.4. The van der Waals surface area contributed by atoms with Crippen LogP contribution in [0.4, 0.5) is 0 Å². The van der Waals surface area contributed by atoms with E-state index in [4.69, 9.17) is 10.5 Å². The Morgan fingerprint density at radius 3 is 2.65 bits per heavy atom. The molecule has 17 heavy (non-hydrogen) atoms.